The fraction of sp³-hybridized carbons (Fsp3) is 0.692. The normalized spacial score (nSPS) is 27.9. The number of nitrogens with one attached hydrogen (secondary N) is 2. The van der Waals surface area contributed by atoms with E-state index >= 15 is 0 Å². The smallest absolute Gasteiger partial charge is 0.0535 e. The highest BCUT2D eigenvalue weighted by Crippen LogP contribution is 2.31. The van der Waals surface area contributed by atoms with Crippen LogP contribution in [0.3, 0.4) is 0 Å². The molecular weight excluding hydrogens is 230 g/mol. The summed E-state index contributed by atoms with van der Waals surface area (Å²) in [6, 6.07) is 1.05. The van der Waals surface area contributed by atoms with Crippen molar-refractivity contribution in [3.63, 3.8) is 0 Å². The van der Waals surface area contributed by atoms with Gasteiger partial charge in [-0.15, -0.1) is 0 Å². The first-order valence-electron chi connectivity index (χ1n) is 6.28. The predicted molar refractivity (Wildman–Crippen MR) is 78.0 cm³/mol. The Balaban J connectivity index is 2.31. The molecule has 0 radical (unpaired) electrons. The Morgan fingerprint density at radius 1 is 1.53 bits per heavy atom. The summed E-state index contributed by atoms with van der Waals surface area (Å²) in [5, 5.41) is 7.43. The summed E-state index contributed by atoms with van der Waals surface area (Å²) in [6.07, 6.45) is 6.38. The van der Waals surface area contributed by atoms with Crippen LogP contribution in [0.4, 0.5) is 0 Å². The van der Waals surface area contributed by atoms with Crippen LogP contribution < -0.4 is 16.4 Å². The molecule has 4 N–H and O–H groups in total. The molecule has 3 unspecified atom stereocenters. The third kappa shape index (κ3) is 4.64. The number of allylic oxidation sites excluding steroid dienone is 1. The summed E-state index contributed by atoms with van der Waals surface area (Å²) in [4.78, 5) is 0. The Labute approximate surface area is 109 Å². The number of unbranched alkanes of at least 4 members (excludes halogenated alkanes) is 1. The summed E-state index contributed by atoms with van der Waals surface area (Å²) in [5.41, 5.74) is 6.37. The first kappa shape index (κ1) is 14.5. The number of rotatable bonds is 8. The van der Waals surface area contributed by atoms with Gasteiger partial charge in [0.05, 0.1) is 6.04 Å². The summed E-state index contributed by atoms with van der Waals surface area (Å²) < 4.78 is 0. The SMILES string of the molecule is C=CNC1C(NC)CSC1CCCCC(=C)N. The highest BCUT2D eigenvalue weighted by atomic mass is 32.2. The van der Waals surface area contributed by atoms with E-state index in [1.165, 1.54) is 18.6 Å². The van der Waals surface area contributed by atoms with Gasteiger partial charge in [0.15, 0.2) is 0 Å². The van der Waals surface area contributed by atoms with Crippen LogP contribution in [0.5, 0.6) is 0 Å². The molecule has 1 aliphatic heterocycles. The number of thioether (sulfide) groups is 1. The van der Waals surface area contributed by atoms with Crippen molar-refractivity contribution in [3.8, 4) is 0 Å². The van der Waals surface area contributed by atoms with E-state index in [4.69, 9.17) is 5.73 Å². The number of hydrogen-bond acceptors (Lipinski definition) is 4. The largest absolute Gasteiger partial charge is 0.403 e. The Morgan fingerprint density at radius 2 is 2.29 bits per heavy atom. The third-order valence-corrected chi connectivity index (χ3v) is 4.75. The van der Waals surface area contributed by atoms with Crippen molar-refractivity contribution < 1.29 is 0 Å². The van der Waals surface area contributed by atoms with Crippen LogP contribution >= 0.6 is 11.8 Å². The lowest BCUT2D eigenvalue weighted by Crippen LogP contribution is -2.46. The van der Waals surface area contributed by atoms with Gasteiger partial charge in [0.1, 0.15) is 0 Å². The van der Waals surface area contributed by atoms with Gasteiger partial charge in [-0.3, -0.25) is 0 Å². The van der Waals surface area contributed by atoms with Crippen LogP contribution in [0.25, 0.3) is 0 Å². The van der Waals surface area contributed by atoms with Crippen molar-refractivity contribution in [2.75, 3.05) is 12.8 Å². The Hall–Kier alpha value is -0.610. The van der Waals surface area contributed by atoms with E-state index in [-0.39, 0.29) is 0 Å². The fourth-order valence-corrected chi connectivity index (χ4v) is 3.91. The van der Waals surface area contributed by atoms with Crippen LogP contribution in [0, 0.1) is 0 Å². The van der Waals surface area contributed by atoms with Gasteiger partial charge in [-0.05, 0) is 32.5 Å². The van der Waals surface area contributed by atoms with Crippen LogP contribution in [-0.4, -0.2) is 30.1 Å². The van der Waals surface area contributed by atoms with Crippen molar-refractivity contribution in [2.45, 2.75) is 43.0 Å². The van der Waals surface area contributed by atoms with Gasteiger partial charge < -0.3 is 16.4 Å². The number of nitrogens with two attached hydrogens (primary N) is 1. The molecular formula is C13H25N3S. The van der Waals surface area contributed by atoms with E-state index in [1.54, 1.807) is 0 Å². The summed E-state index contributed by atoms with van der Waals surface area (Å²) in [7, 11) is 2.03. The minimum Gasteiger partial charge on any atom is -0.403 e. The van der Waals surface area contributed by atoms with Gasteiger partial charge in [0.25, 0.3) is 0 Å². The highest BCUT2D eigenvalue weighted by Gasteiger charge is 2.34. The molecule has 0 spiro atoms. The molecule has 4 heteroatoms. The molecule has 0 amide bonds. The maximum Gasteiger partial charge on any atom is 0.0535 e. The molecule has 0 aliphatic carbocycles. The molecule has 0 bridgehead atoms. The summed E-state index contributed by atoms with van der Waals surface area (Å²) >= 11 is 2.06. The average Bonchev–Trinajstić information content (AvgIpc) is 2.67. The molecule has 1 aliphatic rings. The monoisotopic (exact) mass is 255 g/mol. The zero-order chi connectivity index (χ0) is 12.7. The quantitative estimate of drug-likeness (QED) is 0.579. The van der Waals surface area contributed by atoms with Crippen molar-refractivity contribution in [2.24, 2.45) is 5.73 Å². The zero-order valence-electron chi connectivity index (χ0n) is 10.7. The highest BCUT2D eigenvalue weighted by molar-refractivity contribution is 8.00. The molecule has 1 rings (SSSR count). The molecule has 1 saturated heterocycles. The van der Waals surface area contributed by atoms with E-state index < -0.39 is 0 Å². The molecule has 17 heavy (non-hydrogen) atoms. The van der Waals surface area contributed by atoms with Gasteiger partial charge >= 0.3 is 0 Å². The van der Waals surface area contributed by atoms with Crippen molar-refractivity contribution in [1.29, 1.82) is 0 Å². The van der Waals surface area contributed by atoms with Crippen LogP contribution in [0.1, 0.15) is 25.7 Å². The average molecular weight is 255 g/mol. The van der Waals surface area contributed by atoms with Gasteiger partial charge in [0, 0.05) is 22.7 Å². The Kier molecular flexibility index (Phi) is 6.52. The molecule has 0 saturated carbocycles. The molecule has 3 nitrogen and oxygen atoms in total. The van der Waals surface area contributed by atoms with Crippen LogP contribution in [-0.2, 0) is 0 Å². The van der Waals surface area contributed by atoms with Gasteiger partial charge in [-0.2, -0.15) is 11.8 Å². The molecule has 1 fully saturated rings. The molecule has 0 aromatic heterocycles. The maximum absolute atomic E-state index is 5.57. The van der Waals surface area contributed by atoms with E-state index in [0.717, 1.165) is 18.5 Å². The molecule has 0 aromatic rings. The van der Waals surface area contributed by atoms with E-state index in [0.29, 0.717) is 17.3 Å². The maximum atomic E-state index is 5.57. The van der Waals surface area contributed by atoms with Crippen molar-refractivity contribution >= 4 is 11.8 Å². The number of likely N-dealkylation sites (N-methyl/N-ethyl adjacent to an activating group) is 1. The molecule has 98 valence electrons. The lowest BCUT2D eigenvalue weighted by atomic mass is 10.0. The molecule has 1 heterocycles. The topological polar surface area (TPSA) is 50.1 Å². The standard InChI is InChI=1S/C13H25N3S/c1-4-16-13-11(15-3)9-17-12(13)8-6-5-7-10(2)14/h4,11-13,15-16H,1-2,5-9,14H2,3H3. The first-order valence-corrected chi connectivity index (χ1v) is 7.33. The van der Waals surface area contributed by atoms with Crippen molar-refractivity contribution in [1.82, 2.24) is 10.6 Å². The van der Waals surface area contributed by atoms with Gasteiger partial charge in [0.2, 0.25) is 0 Å². The Bertz CT molecular complexity index is 255. The molecule has 0 aromatic carbocycles. The van der Waals surface area contributed by atoms with Gasteiger partial charge in [-0.1, -0.05) is 19.6 Å². The number of hydrogen-bond donors (Lipinski definition) is 3. The third-order valence-electron chi connectivity index (χ3n) is 3.24. The van der Waals surface area contributed by atoms with Crippen molar-refractivity contribution in [3.05, 3.63) is 25.1 Å². The first-order chi connectivity index (χ1) is 8.19. The molecule has 3 atom stereocenters. The van der Waals surface area contributed by atoms with Gasteiger partial charge in [-0.25, -0.2) is 0 Å². The van der Waals surface area contributed by atoms with Crippen LogP contribution in [0.15, 0.2) is 25.1 Å². The zero-order valence-corrected chi connectivity index (χ0v) is 11.6. The second kappa shape index (κ2) is 7.67. The minimum atomic E-state index is 0.503. The second-order valence-corrected chi connectivity index (χ2v) is 5.84. The Morgan fingerprint density at radius 3 is 2.88 bits per heavy atom. The summed E-state index contributed by atoms with van der Waals surface area (Å²) in [6.45, 7) is 7.50. The minimum absolute atomic E-state index is 0.503. The van der Waals surface area contributed by atoms with Crippen LogP contribution in [0.2, 0.25) is 0 Å². The van der Waals surface area contributed by atoms with E-state index in [1.807, 2.05) is 13.2 Å². The predicted octanol–water partition coefficient (Wildman–Crippen LogP) is 1.82. The lowest BCUT2D eigenvalue weighted by molar-refractivity contribution is 0.440. The second-order valence-electron chi connectivity index (χ2n) is 4.57. The lowest BCUT2D eigenvalue weighted by Gasteiger charge is -2.24. The summed E-state index contributed by atoms with van der Waals surface area (Å²) in [5.74, 6) is 1.18. The van der Waals surface area contributed by atoms with E-state index in [9.17, 15) is 0 Å². The fourth-order valence-electron chi connectivity index (χ4n) is 2.28. The van der Waals surface area contributed by atoms with E-state index in [2.05, 4.69) is 35.6 Å².